The maximum absolute atomic E-state index is 12.1. The highest BCUT2D eigenvalue weighted by molar-refractivity contribution is 7.89. The summed E-state index contributed by atoms with van der Waals surface area (Å²) in [4.78, 5) is 3.99. The van der Waals surface area contributed by atoms with E-state index in [0.29, 0.717) is 6.54 Å². The topological polar surface area (TPSA) is 64.0 Å². The van der Waals surface area contributed by atoms with E-state index in [9.17, 15) is 8.42 Å². The van der Waals surface area contributed by atoms with Crippen LogP contribution in [0.2, 0.25) is 5.02 Å². The van der Waals surface area contributed by atoms with Crippen molar-refractivity contribution in [2.45, 2.75) is 18.4 Å². The highest BCUT2D eigenvalue weighted by Crippen LogP contribution is 2.22. The van der Waals surface area contributed by atoms with Crippen molar-refractivity contribution in [3.63, 3.8) is 0 Å². The number of aromatic nitrogens is 2. The molecule has 2 aromatic rings. The second kappa shape index (κ2) is 5.73. The molecule has 102 valence electrons. The molecule has 2 rings (SSSR count). The minimum atomic E-state index is -3.58. The fraction of sp³-hybridized carbons (Fsp3) is 0.250. The van der Waals surface area contributed by atoms with Gasteiger partial charge in [-0.25, -0.2) is 18.1 Å². The zero-order valence-electron chi connectivity index (χ0n) is 10.4. The van der Waals surface area contributed by atoms with Gasteiger partial charge in [0.25, 0.3) is 0 Å². The molecule has 0 aliphatic rings. The van der Waals surface area contributed by atoms with Crippen molar-refractivity contribution in [1.29, 1.82) is 0 Å². The first-order valence-electron chi connectivity index (χ1n) is 5.70. The largest absolute Gasteiger partial charge is 0.336 e. The molecule has 0 aliphatic heterocycles. The zero-order chi connectivity index (χ0) is 13.9. The van der Waals surface area contributed by atoms with Gasteiger partial charge < -0.3 is 4.57 Å². The minimum absolute atomic E-state index is 0.102. The number of nitrogens with one attached hydrogen (secondary N) is 1. The summed E-state index contributed by atoms with van der Waals surface area (Å²) in [5, 5.41) is 0.232. The number of nitrogens with zero attached hydrogens (tertiary/aromatic N) is 2. The Hall–Kier alpha value is -1.37. The lowest BCUT2D eigenvalue weighted by molar-refractivity contribution is 0.573. The molecular formula is C12H14ClN3O2S. The third-order valence-electron chi connectivity index (χ3n) is 2.60. The van der Waals surface area contributed by atoms with Crippen molar-refractivity contribution in [3.05, 3.63) is 47.5 Å². The van der Waals surface area contributed by atoms with Crippen molar-refractivity contribution in [2.75, 3.05) is 6.54 Å². The first kappa shape index (κ1) is 14.0. The van der Waals surface area contributed by atoms with Crippen LogP contribution in [0, 0.1) is 6.92 Å². The van der Waals surface area contributed by atoms with Crippen molar-refractivity contribution >= 4 is 21.6 Å². The van der Waals surface area contributed by atoms with E-state index in [4.69, 9.17) is 11.6 Å². The van der Waals surface area contributed by atoms with E-state index in [-0.39, 0.29) is 16.5 Å². The SMILES string of the molecule is Cc1ccc(S(=O)(=O)NCCn2ccnc2)c(Cl)c1. The van der Waals surface area contributed by atoms with Crippen molar-refractivity contribution in [1.82, 2.24) is 14.3 Å². The van der Waals surface area contributed by atoms with Crippen LogP contribution in [0.5, 0.6) is 0 Å². The Kier molecular flexibility index (Phi) is 4.24. The molecule has 0 bridgehead atoms. The quantitative estimate of drug-likeness (QED) is 0.916. The van der Waals surface area contributed by atoms with E-state index in [1.165, 1.54) is 6.07 Å². The van der Waals surface area contributed by atoms with Crippen molar-refractivity contribution in [2.24, 2.45) is 0 Å². The summed E-state index contributed by atoms with van der Waals surface area (Å²) in [7, 11) is -3.58. The molecule has 5 nitrogen and oxygen atoms in total. The van der Waals surface area contributed by atoms with Gasteiger partial charge in [0, 0.05) is 25.5 Å². The summed E-state index contributed by atoms with van der Waals surface area (Å²) in [6, 6.07) is 4.86. The van der Waals surface area contributed by atoms with Crippen LogP contribution in [0.4, 0.5) is 0 Å². The third-order valence-corrected chi connectivity index (χ3v) is 4.54. The Bertz CT molecular complexity index is 654. The normalized spacial score (nSPS) is 11.7. The van der Waals surface area contributed by atoms with Gasteiger partial charge in [0.1, 0.15) is 4.90 Å². The van der Waals surface area contributed by atoms with Crippen LogP contribution in [0.3, 0.4) is 0 Å². The Morgan fingerprint density at radius 2 is 2.21 bits per heavy atom. The summed E-state index contributed by atoms with van der Waals surface area (Å²) >= 11 is 5.96. The van der Waals surface area contributed by atoms with Crippen molar-refractivity contribution in [3.8, 4) is 0 Å². The maximum atomic E-state index is 12.1. The lowest BCUT2D eigenvalue weighted by atomic mass is 10.2. The van der Waals surface area contributed by atoms with Gasteiger partial charge in [0.05, 0.1) is 11.3 Å². The maximum Gasteiger partial charge on any atom is 0.242 e. The number of aryl methyl sites for hydroxylation is 1. The summed E-state index contributed by atoms with van der Waals surface area (Å²) in [6.45, 7) is 2.65. The monoisotopic (exact) mass is 299 g/mol. The molecule has 1 aromatic heterocycles. The highest BCUT2D eigenvalue weighted by Gasteiger charge is 2.17. The van der Waals surface area contributed by atoms with Crippen LogP contribution < -0.4 is 4.72 Å². The van der Waals surface area contributed by atoms with Crippen LogP contribution in [0.1, 0.15) is 5.56 Å². The van der Waals surface area contributed by atoms with Crippen LogP contribution >= 0.6 is 11.6 Å². The molecule has 1 heterocycles. The number of rotatable bonds is 5. The van der Waals surface area contributed by atoms with E-state index in [1.54, 1.807) is 35.4 Å². The molecule has 0 amide bonds. The van der Waals surface area contributed by atoms with Crippen LogP contribution in [0.15, 0.2) is 41.8 Å². The first-order valence-corrected chi connectivity index (χ1v) is 7.57. The van der Waals surface area contributed by atoms with Crippen LogP contribution in [-0.2, 0) is 16.6 Å². The fourth-order valence-corrected chi connectivity index (χ4v) is 3.25. The molecule has 0 saturated heterocycles. The number of hydrogen-bond donors (Lipinski definition) is 1. The van der Waals surface area contributed by atoms with Gasteiger partial charge in [-0.3, -0.25) is 0 Å². The van der Waals surface area contributed by atoms with Gasteiger partial charge in [-0.05, 0) is 24.6 Å². The van der Waals surface area contributed by atoms with Crippen molar-refractivity contribution < 1.29 is 8.42 Å². The number of hydrogen-bond acceptors (Lipinski definition) is 3. The van der Waals surface area contributed by atoms with Gasteiger partial charge in [0.2, 0.25) is 10.0 Å². The summed E-state index contributed by atoms with van der Waals surface area (Å²) in [5.74, 6) is 0. The first-order chi connectivity index (χ1) is 8.99. The highest BCUT2D eigenvalue weighted by atomic mass is 35.5. The Labute approximate surface area is 117 Å². The molecule has 19 heavy (non-hydrogen) atoms. The molecule has 0 spiro atoms. The van der Waals surface area contributed by atoms with Gasteiger partial charge in [-0.1, -0.05) is 17.7 Å². The van der Waals surface area contributed by atoms with Crippen LogP contribution in [0.25, 0.3) is 0 Å². The van der Waals surface area contributed by atoms with E-state index in [0.717, 1.165) is 5.56 Å². The van der Waals surface area contributed by atoms with E-state index < -0.39 is 10.0 Å². The molecule has 7 heteroatoms. The second-order valence-corrected chi connectivity index (χ2v) is 6.27. The Morgan fingerprint density at radius 3 is 2.84 bits per heavy atom. The molecular weight excluding hydrogens is 286 g/mol. The van der Waals surface area contributed by atoms with Gasteiger partial charge in [-0.2, -0.15) is 0 Å². The number of sulfonamides is 1. The predicted molar refractivity (Wildman–Crippen MR) is 73.6 cm³/mol. The average molecular weight is 300 g/mol. The number of halogens is 1. The molecule has 0 fully saturated rings. The zero-order valence-corrected chi connectivity index (χ0v) is 11.9. The van der Waals surface area contributed by atoms with E-state index in [2.05, 4.69) is 9.71 Å². The predicted octanol–water partition coefficient (Wildman–Crippen LogP) is 1.82. The van der Waals surface area contributed by atoms with Gasteiger partial charge in [0.15, 0.2) is 0 Å². The molecule has 0 radical (unpaired) electrons. The van der Waals surface area contributed by atoms with E-state index in [1.807, 2.05) is 6.92 Å². The average Bonchev–Trinajstić information content (AvgIpc) is 2.81. The standard InChI is InChI=1S/C12H14ClN3O2S/c1-10-2-3-12(11(13)8-10)19(17,18)15-5-7-16-6-4-14-9-16/h2-4,6,8-9,15H,5,7H2,1H3. The lowest BCUT2D eigenvalue weighted by Crippen LogP contribution is -2.27. The number of benzene rings is 1. The second-order valence-electron chi connectivity index (χ2n) is 4.13. The molecule has 0 aliphatic carbocycles. The summed E-state index contributed by atoms with van der Waals surface area (Å²) in [6.07, 6.45) is 5.05. The number of imidazole rings is 1. The fourth-order valence-electron chi connectivity index (χ4n) is 1.63. The summed E-state index contributed by atoms with van der Waals surface area (Å²) < 4.78 is 28.4. The molecule has 0 unspecified atom stereocenters. The van der Waals surface area contributed by atoms with Gasteiger partial charge >= 0.3 is 0 Å². The Morgan fingerprint density at radius 1 is 1.42 bits per heavy atom. The van der Waals surface area contributed by atoms with E-state index >= 15 is 0 Å². The molecule has 1 N–H and O–H groups in total. The minimum Gasteiger partial charge on any atom is -0.336 e. The molecule has 0 atom stereocenters. The molecule has 0 saturated carbocycles. The lowest BCUT2D eigenvalue weighted by Gasteiger charge is -2.09. The van der Waals surface area contributed by atoms with Crippen LogP contribution in [-0.4, -0.2) is 24.5 Å². The summed E-state index contributed by atoms with van der Waals surface area (Å²) in [5.41, 5.74) is 0.919. The Balaban J connectivity index is 2.05. The smallest absolute Gasteiger partial charge is 0.242 e. The third kappa shape index (κ3) is 3.56. The molecule has 1 aromatic carbocycles. The van der Waals surface area contributed by atoms with Gasteiger partial charge in [-0.15, -0.1) is 0 Å².